The molecular formula is C16H20N6O. The molecule has 1 saturated heterocycles. The first-order valence-corrected chi connectivity index (χ1v) is 7.65. The summed E-state index contributed by atoms with van der Waals surface area (Å²) in [5, 5.41) is 2.86. The van der Waals surface area contributed by atoms with Crippen LogP contribution < -0.4 is 10.2 Å². The van der Waals surface area contributed by atoms with E-state index in [2.05, 4.69) is 37.1 Å². The van der Waals surface area contributed by atoms with Gasteiger partial charge in [0.25, 0.3) is 5.91 Å². The summed E-state index contributed by atoms with van der Waals surface area (Å²) in [6, 6.07) is 3.94. The number of anilines is 1. The van der Waals surface area contributed by atoms with Crippen molar-refractivity contribution < 1.29 is 4.79 Å². The van der Waals surface area contributed by atoms with Crippen LogP contribution in [-0.2, 0) is 6.54 Å². The number of hydrogen-bond acceptors (Lipinski definition) is 6. The number of nitrogens with zero attached hydrogens (tertiary/aromatic N) is 5. The fourth-order valence-electron chi connectivity index (χ4n) is 2.47. The van der Waals surface area contributed by atoms with Crippen LogP contribution in [0.15, 0.2) is 36.9 Å². The zero-order chi connectivity index (χ0) is 16.1. The van der Waals surface area contributed by atoms with Crippen LogP contribution in [0, 0.1) is 0 Å². The molecule has 2 aromatic heterocycles. The normalized spacial score (nSPS) is 15.4. The molecule has 3 rings (SSSR count). The maximum atomic E-state index is 12.0. The number of aromatic nitrogens is 3. The molecule has 1 N–H and O–H groups in total. The van der Waals surface area contributed by atoms with Crippen molar-refractivity contribution in [1.29, 1.82) is 0 Å². The van der Waals surface area contributed by atoms with Crippen LogP contribution in [0.5, 0.6) is 0 Å². The molecule has 2 aromatic rings. The van der Waals surface area contributed by atoms with Crippen molar-refractivity contribution in [3.63, 3.8) is 0 Å². The second kappa shape index (κ2) is 7.15. The van der Waals surface area contributed by atoms with Crippen molar-refractivity contribution in [3.05, 3.63) is 48.2 Å². The zero-order valence-corrected chi connectivity index (χ0v) is 13.1. The van der Waals surface area contributed by atoms with Crippen molar-refractivity contribution in [1.82, 2.24) is 25.2 Å². The monoisotopic (exact) mass is 312 g/mol. The number of piperazine rings is 1. The molecule has 1 aliphatic heterocycles. The minimum absolute atomic E-state index is 0.226. The molecule has 0 radical (unpaired) electrons. The maximum absolute atomic E-state index is 12.0. The average Bonchev–Trinajstić information content (AvgIpc) is 2.61. The molecule has 0 aromatic carbocycles. The van der Waals surface area contributed by atoms with Crippen LogP contribution in [0.25, 0.3) is 0 Å². The van der Waals surface area contributed by atoms with Gasteiger partial charge in [0.15, 0.2) is 0 Å². The van der Waals surface area contributed by atoms with Gasteiger partial charge in [-0.3, -0.25) is 9.78 Å². The lowest BCUT2D eigenvalue weighted by Crippen LogP contribution is -2.44. The Balaban J connectivity index is 1.60. The lowest BCUT2D eigenvalue weighted by Gasteiger charge is -2.33. The number of rotatable bonds is 4. The molecule has 120 valence electrons. The van der Waals surface area contributed by atoms with Crippen molar-refractivity contribution in [2.75, 3.05) is 38.1 Å². The topological polar surface area (TPSA) is 74.2 Å². The molecule has 1 amide bonds. The molecular weight excluding hydrogens is 292 g/mol. The maximum Gasteiger partial charge on any atom is 0.271 e. The third kappa shape index (κ3) is 4.01. The molecule has 1 aliphatic rings. The van der Waals surface area contributed by atoms with E-state index in [1.807, 2.05) is 12.1 Å². The fourth-order valence-corrected chi connectivity index (χ4v) is 2.47. The molecule has 0 unspecified atom stereocenters. The summed E-state index contributed by atoms with van der Waals surface area (Å²) in [5.41, 5.74) is 1.34. The molecule has 0 bridgehead atoms. The highest BCUT2D eigenvalue weighted by Crippen LogP contribution is 2.14. The molecule has 0 atom stereocenters. The van der Waals surface area contributed by atoms with Crippen LogP contribution in [-0.4, -0.2) is 59.0 Å². The van der Waals surface area contributed by atoms with E-state index >= 15 is 0 Å². The standard InChI is InChI=1S/C16H20N6O/c1-21-6-8-22(9-7-21)15-10-13(2-3-19-15)11-20-16(23)14-12-17-4-5-18-14/h2-5,10,12H,6-9,11H2,1H3,(H,20,23). The predicted molar refractivity (Wildman–Crippen MR) is 87.1 cm³/mol. The van der Waals surface area contributed by atoms with E-state index in [4.69, 9.17) is 0 Å². The summed E-state index contributed by atoms with van der Waals surface area (Å²) in [6.45, 7) is 4.46. The van der Waals surface area contributed by atoms with Gasteiger partial charge < -0.3 is 15.1 Å². The number of carbonyl (C=O) groups excluding carboxylic acids is 1. The Kier molecular flexibility index (Phi) is 4.77. The van der Waals surface area contributed by atoms with Gasteiger partial charge in [-0.15, -0.1) is 0 Å². The van der Waals surface area contributed by atoms with Crippen molar-refractivity contribution in [2.24, 2.45) is 0 Å². The number of carbonyl (C=O) groups is 1. The van der Waals surface area contributed by atoms with Gasteiger partial charge >= 0.3 is 0 Å². The smallest absolute Gasteiger partial charge is 0.271 e. The molecule has 0 spiro atoms. The third-order valence-corrected chi connectivity index (χ3v) is 3.89. The largest absolute Gasteiger partial charge is 0.354 e. The van der Waals surface area contributed by atoms with E-state index in [1.54, 1.807) is 12.4 Å². The van der Waals surface area contributed by atoms with Crippen LogP contribution in [0.1, 0.15) is 16.1 Å². The van der Waals surface area contributed by atoms with Gasteiger partial charge in [0, 0.05) is 51.3 Å². The minimum Gasteiger partial charge on any atom is -0.354 e. The van der Waals surface area contributed by atoms with Crippen molar-refractivity contribution in [2.45, 2.75) is 6.54 Å². The van der Waals surface area contributed by atoms with Crippen molar-refractivity contribution in [3.8, 4) is 0 Å². The highest BCUT2D eigenvalue weighted by atomic mass is 16.1. The highest BCUT2D eigenvalue weighted by molar-refractivity contribution is 5.91. The van der Waals surface area contributed by atoms with Gasteiger partial charge in [0.1, 0.15) is 11.5 Å². The quantitative estimate of drug-likeness (QED) is 0.889. The van der Waals surface area contributed by atoms with Crippen LogP contribution in [0.4, 0.5) is 5.82 Å². The van der Waals surface area contributed by atoms with E-state index in [-0.39, 0.29) is 5.91 Å². The summed E-state index contributed by atoms with van der Waals surface area (Å²) in [4.78, 5) is 28.9. The first-order valence-electron chi connectivity index (χ1n) is 7.65. The van der Waals surface area contributed by atoms with Crippen LogP contribution in [0.2, 0.25) is 0 Å². The summed E-state index contributed by atoms with van der Waals surface area (Å²) in [7, 11) is 2.13. The van der Waals surface area contributed by atoms with Gasteiger partial charge in [0.2, 0.25) is 0 Å². The van der Waals surface area contributed by atoms with Crippen LogP contribution in [0.3, 0.4) is 0 Å². The summed E-state index contributed by atoms with van der Waals surface area (Å²) >= 11 is 0. The van der Waals surface area contributed by atoms with E-state index in [0.717, 1.165) is 37.6 Å². The molecule has 1 fully saturated rings. The fraction of sp³-hybridized carbons (Fsp3) is 0.375. The third-order valence-electron chi connectivity index (χ3n) is 3.89. The van der Waals surface area contributed by atoms with E-state index in [1.165, 1.54) is 12.4 Å². The number of nitrogens with one attached hydrogen (secondary N) is 1. The number of hydrogen-bond donors (Lipinski definition) is 1. The first kappa shape index (κ1) is 15.4. The average molecular weight is 312 g/mol. The highest BCUT2D eigenvalue weighted by Gasteiger charge is 2.15. The lowest BCUT2D eigenvalue weighted by molar-refractivity contribution is 0.0945. The molecule has 3 heterocycles. The van der Waals surface area contributed by atoms with Gasteiger partial charge in [0.05, 0.1) is 6.20 Å². The second-order valence-corrected chi connectivity index (χ2v) is 5.59. The molecule has 7 heteroatoms. The number of amides is 1. The molecule has 7 nitrogen and oxygen atoms in total. The first-order chi connectivity index (χ1) is 11.2. The molecule has 0 saturated carbocycles. The Bertz CT molecular complexity index is 655. The Morgan fingerprint density at radius 1 is 1.17 bits per heavy atom. The van der Waals surface area contributed by atoms with Crippen LogP contribution >= 0.6 is 0 Å². The summed E-state index contributed by atoms with van der Waals surface area (Å²) in [5.74, 6) is 0.736. The van der Waals surface area contributed by atoms with E-state index < -0.39 is 0 Å². The van der Waals surface area contributed by atoms with E-state index in [0.29, 0.717) is 12.2 Å². The minimum atomic E-state index is -0.226. The number of pyridine rings is 1. The van der Waals surface area contributed by atoms with E-state index in [9.17, 15) is 4.79 Å². The van der Waals surface area contributed by atoms with Crippen molar-refractivity contribution >= 4 is 11.7 Å². The Morgan fingerprint density at radius 3 is 2.74 bits per heavy atom. The summed E-state index contributed by atoms with van der Waals surface area (Å²) in [6.07, 6.45) is 6.30. The SMILES string of the molecule is CN1CCN(c2cc(CNC(=O)c3cnccn3)ccn2)CC1. The Morgan fingerprint density at radius 2 is 2.00 bits per heavy atom. The van der Waals surface area contributed by atoms with Gasteiger partial charge in [-0.25, -0.2) is 9.97 Å². The zero-order valence-electron chi connectivity index (χ0n) is 13.1. The number of likely N-dealkylation sites (N-methyl/N-ethyl adjacent to an activating group) is 1. The van der Waals surface area contributed by atoms with Gasteiger partial charge in [-0.2, -0.15) is 0 Å². The molecule has 0 aliphatic carbocycles. The Labute approximate surface area is 135 Å². The Hall–Kier alpha value is -2.54. The lowest BCUT2D eigenvalue weighted by atomic mass is 10.2. The van der Waals surface area contributed by atoms with Gasteiger partial charge in [-0.1, -0.05) is 0 Å². The predicted octanol–water partition coefficient (Wildman–Crippen LogP) is 0.553. The second-order valence-electron chi connectivity index (χ2n) is 5.59. The van der Waals surface area contributed by atoms with Gasteiger partial charge in [-0.05, 0) is 24.7 Å². The summed E-state index contributed by atoms with van der Waals surface area (Å²) < 4.78 is 0. The molecule has 23 heavy (non-hydrogen) atoms.